The lowest BCUT2D eigenvalue weighted by molar-refractivity contribution is 0.0476. The summed E-state index contributed by atoms with van der Waals surface area (Å²) in [4.78, 5) is 18.4. The maximum Gasteiger partial charge on any atom is 0.408 e. The summed E-state index contributed by atoms with van der Waals surface area (Å²) < 4.78 is 5.27. The van der Waals surface area contributed by atoms with Gasteiger partial charge < -0.3 is 20.7 Å². The molecule has 0 aliphatic carbocycles. The molecule has 1 aliphatic rings. The Morgan fingerprint density at radius 3 is 2.26 bits per heavy atom. The second-order valence-corrected chi connectivity index (χ2v) is 7.85. The van der Waals surface area contributed by atoms with E-state index in [4.69, 9.17) is 10.5 Å². The van der Waals surface area contributed by atoms with Crippen molar-refractivity contribution in [2.75, 3.05) is 19.6 Å². The Morgan fingerprint density at radius 2 is 1.78 bits per heavy atom. The summed E-state index contributed by atoms with van der Waals surface area (Å²) >= 11 is 0. The van der Waals surface area contributed by atoms with Crippen LogP contribution >= 0.6 is 24.0 Å². The van der Waals surface area contributed by atoms with Gasteiger partial charge in [0.15, 0.2) is 5.96 Å². The average Bonchev–Trinajstić information content (AvgIpc) is 2.33. The van der Waals surface area contributed by atoms with E-state index >= 15 is 0 Å². The van der Waals surface area contributed by atoms with Crippen molar-refractivity contribution in [1.29, 1.82) is 0 Å². The molecule has 136 valence electrons. The van der Waals surface area contributed by atoms with Gasteiger partial charge in [-0.15, -0.1) is 24.0 Å². The summed E-state index contributed by atoms with van der Waals surface area (Å²) in [5.74, 6) is 1.32. The second kappa shape index (κ2) is 8.94. The van der Waals surface area contributed by atoms with Gasteiger partial charge in [0.2, 0.25) is 0 Å². The fourth-order valence-electron chi connectivity index (χ4n) is 2.24. The molecule has 0 radical (unpaired) electrons. The molecule has 0 aromatic heterocycles. The third-order valence-electron chi connectivity index (χ3n) is 3.58. The Hall–Kier alpha value is -0.730. The molecule has 0 unspecified atom stereocenters. The minimum atomic E-state index is -0.507. The van der Waals surface area contributed by atoms with Crippen molar-refractivity contribution in [3.8, 4) is 0 Å². The number of hydrogen-bond donors (Lipinski definition) is 2. The highest BCUT2D eigenvalue weighted by Gasteiger charge is 2.25. The molecule has 0 aromatic carbocycles. The van der Waals surface area contributed by atoms with Crippen LogP contribution in [0.2, 0.25) is 0 Å². The number of carbonyl (C=O) groups is 1. The van der Waals surface area contributed by atoms with Gasteiger partial charge in [0.25, 0.3) is 0 Å². The Balaban J connectivity index is 0.00000484. The van der Waals surface area contributed by atoms with Crippen LogP contribution in [0.4, 0.5) is 4.79 Å². The predicted octanol–water partition coefficient (Wildman–Crippen LogP) is 2.95. The van der Waals surface area contributed by atoms with Gasteiger partial charge in [-0.05, 0) is 53.4 Å². The van der Waals surface area contributed by atoms with Crippen LogP contribution < -0.4 is 11.1 Å². The standard InChI is InChI=1S/C16H32N4O2.HI/c1-12-7-9-20(10-8-12)13(17)18-11-16(5,6)19-14(21)22-15(2,3)4;/h12H,7-11H2,1-6H3,(H2,17,18)(H,19,21);1H. The number of aliphatic imine (C=N–C) groups is 1. The third-order valence-corrected chi connectivity index (χ3v) is 3.58. The molecule has 1 heterocycles. The molecular weight excluding hydrogens is 407 g/mol. The molecule has 1 rings (SSSR count). The Labute approximate surface area is 157 Å². The van der Waals surface area contributed by atoms with Gasteiger partial charge in [0.1, 0.15) is 5.60 Å². The fourth-order valence-corrected chi connectivity index (χ4v) is 2.24. The first kappa shape index (κ1) is 22.3. The minimum Gasteiger partial charge on any atom is -0.444 e. The number of nitrogens with two attached hydrogens (primary N) is 1. The molecule has 7 heteroatoms. The molecule has 1 aliphatic heterocycles. The van der Waals surface area contributed by atoms with Crippen LogP contribution in [0.15, 0.2) is 4.99 Å². The number of guanidine groups is 1. The van der Waals surface area contributed by atoms with Gasteiger partial charge in [0, 0.05) is 13.1 Å². The Morgan fingerprint density at radius 1 is 1.26 bits per heavy atom. The molecule has 6 nitrogen and oxygen atoms in total. The summed E-state index contributed by atoms with van der Waals surface area (Å²) in [7, 11) is 0. The van der Waals surface area contributed by atoms with Crippen LogP contribution in [-0.4, -0.2) is 47.7 Å². The number of likely N-dealkylation sites (tertiary alicyclic amines) is 1. The van der Waals surface area contributed by atoms with E-state index in [1.165, 1.54) is 0 Å². The molecular formula is C16H33IN4O2. The lowest BCUT2D eigenvalue weighted by Crippen LogP contribution is -2.49. The Kier molecular flexibility index (Phi) is 8.65. The quantitative estimate of drug-likeness (QED) is 0.402. The molecule has 1 saturated heterocycles. The fraction of sp³-hybridized carbons (Fsp3) is 0.875. The minimum absolute atomic E-state index is 0. The molecule has 23 heavy (non-hydrogen) atoms. The number of piperidine rings is 1. The first-order valence-corrected chi connectivity index (χ1v) is 8.04. The molecule has 1 amide bonds. The molecule has 0 saturated carbocycles. The first-order valence-electron chi connectivity index (χ1n) is 8.04. The third kappa shape index (κ3) is 9.22. The van der Waals surface area contributed by atoms with E-state index in [-0.39, 0.29) is 24.0 Å². The highest BCUT2D eigenvalue weighted by molar-refractivity contribution is 14.0. The van der Waals surface area contributed by atoms with Crippen LogP contribution in [0, 0.1) is 5.92 Å². The van der Waals surface area contributed by atoms with Gasteiger partial charge in [-0.25, -0.2) is 4.79 Å². The van der Waals surface area contributed by atoms with E-state index in [2.05, 4.69) is 22.1 Å². The summed E-state index contributed by atoms with van der Waals surface area (Å²) in [6.07, 6.45) is 1.86. The summed E-state index contributed by atoms with van der Waals surface area (Å²) in [5.41, 5.74) is 5.05. The van der Waals surface area contributed by atoms with Gasteiger partial charge in [-0.1, -0.05) is 6.92 Å². The number of alkyl carbamates (subject to hydrolysis) is 1. The zero-order valence-corrected chi connectivity index (χ0v) is 17.6. The van der Waals surface area contributed by atoms with Crippen molar-refractivity contribution >= 4 is 36.0 Å². The molecule has 3 N–H and O–H groups in total. The number of rotatable bonds is 3. The highest BCUT2D eigenvalue weighted by Crippen LogP contribution is 2.16. The summed E-state index contributed by atoms with van der Waals surface area (Å²) in [6.45, 7) is 13.9. The number of nitrogens with zero attached hydrogens (tertiary/aromatic N) is 2. The average molecular weight is 440 g/mol. The van der Waals surface area contributed by atoms with E-state index < -0.39 is 17.2 Å². The number of ether oxygens (including phenoxy) is 1. The van der Waals surface area contributed by atoms with E-state index in [0.717, 1.165) is 31.8 Å². The topological polar surface area (TPSA) is 80.0 Å². The van der Waals surface area contributed by atoms with Crippen molar-refractivity contribution in [3.63, 3.8) is 0 Å². The van der Waals surface area contributed by atoms with Crippen LogP contribution in [0.3, 0.4) is 0 Å². The van der Waals surface area contributed by atoms with E-state index in [9.17, 15) is 4.79 Å². The summed E-state index contributed by atoms with van der Waals surface area (Å²) in [6, 6.07) is 0. The van der Waals surface area contributed by atoms with Gasteiger partial charge >= 0.3 is 6.09 Å². The zero-order chi connectivity index (χ0) is 17.0. The first-order chi connectivity index (χ1) is 9.98. The number of halogens is 1. The van der Waals surface area contributed by atoms with Crippen molar-refractivity contribution < 1.29 is 9.53 Å². The lowest BCUT2D eigenvalue weighted by atomic mass is 10.00. The zero-order valence-electron chi connectivity index (χ0n) is 15.3. The SMILES string of the molecule is CC1CCN(C(N)=NCC(C)(C)NC(=O)OC(C)(C)C)CC1.I. The summed E-state index contributed by atoms with van der Waals surface area (Å²) in [5, 5.41) is 2.84. The van der Waals surface area contributed by atoms with Crippen LogP contribution in [0.1, 0.15) is 54.4 Å². The molecule has 0 bridgehead atoms. The number of amides is 1. The largest absolute Gasteiger partial charge is 0.444 e. The van der Waals surface area contributed by atoms with Crippen molar-refractivity contribution in [1.82, 2.24) is 10.2 Å². The second-order valence-electron chi connectivity index (χ2n) is 7.85. The number of nitrogens with one attached hydrogen (secondary N) is 1. The van der Waals surface area contributed by atoms with Gasteiger partial charge in [-0.3, -0.25) is 4.99 Å². The van der Waals surface area contributed by atoms with Crippen LogP contribution in [0.5, 0.6) is 0 Å². The number of hydrogen-bond acceptors (Lipinski definition) is 3. The predicted molar refractivity (Wildman–Crippen MR) is 105 cm³/mol. The van der Waals surface area contributed by atoms with Crippen molar-refractivity contribution in [2.24, 2.45) is 16.6 Å². The molecule has 0 atom stereocenters. The molecule has 0 spiro atoms. The monoisotopic (exact) mass is 440 g/mol. The van der Waals surface area contributed by atoms with Crippen molar-refractivity contribution in [3.05, 3.63) is 0 Å². The van der Waals surface area contributed by atoms with Crippen LogP contribution in [-0.2, 0) is 4.74 Å². The number of carbonyl (C=O) groups excluding carboxylic acids is 1. The van der Waals surface area contributed by atoms with Gasteiger partial charge in [-0.2, -0.15) is 0 Å². The van der Waals surface area contributed by atoms with E-state index in [1.807, 2.05) is 34.6 Å². The molecule has 0 aromatic rings. The van der Waals surface area contributed by atoms with E-state index in [0.29, 0.717) is 12.5 Å². The maximum absolute atomic E-state index is 11.8. The van der Waals surface area contributed by atoms with Gasteiger partial charge in [0.05, 0.1) is 12.1 Å². The Bertz CT molecular complexity index is 411. The molecule has 1 fully saturated rings. The van der Waals surface area contributed by atoms with E-state index in [1.54, 1.807) is 0 Å². The van der Waals surface area contributed by atoms with Crippen molar-refractivity contribution in [2.45, 2.75) is 65.5 Å². The maximum atomic E-state index is 11.8. The highest BCUT2D eigenvalue weighted by atomic mass is 127. The lowest BCUT2D eigenvalue weighted by Gasteiger charge is -2.32. The normalized spacial score (nSPS) is 17.5. The smallest absolute Gasteiger partial charge is 0.408 e. The van der Waals surface area contributed by atoms with Crippen LogP contribution in [0.25, 0.3) is 0 Å².